The Labute approximate surface area is 204 Å². The maximum Gasteiger partial charge on any atom is 0.329 e. The SMILES string of the molecule is Cc1ccc(CN2CCN(c3nc4c(c(=O)[nH]c(=O)n4C)n3Cc3cc(C)ccc3C)CC2)cc1. The van der Waals surface area contributed by atoms with Crippen LogP contribution in [0.3, 0.4) is 0 Å². The van der Waals surface area contributed by atoms with Gasteiger partial charge in [0.25, 0.3) is 5.56 Å². The van der Waals surface area contributed by atoms with Crippen molar-refractivity contribution in [2.45, 2.75) is 33.9 Å². The Morgan fingerprint density at radius 3 is 2.29 bits per heavy atom. The lowest BCUT2D eigenvalue weighted by Crippen LogP contribution is -2.47. The fourth-order valence-electron chi connectivity index (χ4n) is 4.81. The molecule has 2 aromatic heterocycles. The minimum Gasteiger partial charge on any atom is -0.340 e. The summed E-state index contributed by atoms with van der Waals surface area (Å²) in [5.74, 6) is 0.739. The summed E-state index contributed by atoms with van der Waals surface area (Å²) >= 11 is 0. The maximum absolute atomic E-state index is 12.9. The summed E-state index contributed by atoms with van der Waals surface area (Å²) < 4.78 is 3.40. The van der Waals surface area contributed by atoms with E-state index in [1.54, 1.807) is 7.05 Å². The van der Waals surface area contributed by atoms with Gasteiger partial charge in [0.2, 0.25) is 5.95 Å². The molecule has 1 aliphatic heterocycles. The van der Waals surface area contributed by atoms with E-state index in [4.69, 9.17) is 4.98 Å². The van der Waals surface area contributed by atoms with Crippen molar-refractivity contribution in [3.05, 3.63) is 91.1 Å². The molecule has 1 saturated heterocycles. The zero-order valence-corrected chi connectivity index (χ0v) is 20.8. The summed E-state index contributed by atoms with van der Waals surface area (Å²) in [4.78, 5) is 37.2. The molecule has 1 aliphatic rings. The molecule has 0 atom stereocenters. The number of hydrogen-bond acceptors (Lipinski definition) is 5. The molecule has 3 heterocycles. The zero-order valence-electron chi connectivity index (χ0n) is 20.8. The number of rotatable bonds is 5. The Morgan fingerprint density at radius 1 is 0.886 bits per heavy atom. The van der Waals surface area contributed by atoms with Crippen LogP contribution in [0, 0.1) is 20.8 Å². The molecular weight excluding hydrogens is 440 g/mol. The smallest absolute Gasteiger partial charge is 0.329 e. The Balaban J connectivity index is 1.48. The molecule has 5 rings (SSSR count). The molecule has 0 amide bonds. The van der Waals surface area contributed by atoms with E-state index in [0.717, 1.165) is 49.8 Å². The predicted molar refractivity (Wildman–Crippen MR) is 139 cm³/mol. The number of H-pyrrole nitrogens is 1. The van der Waals surface area contributed by atoms with E-state index in [1.165, 1.54) is 21.3 Å². The second-order valence-corrected chi connectivity index (χ2v) is 9.67. The predicted octanol–water partition coefficient (Wildman–Crippen LogP) is 2.72. The van der Waals surface area contributed by atoms with Crippen LogP contribution in [-0.2, 0) is 20.1 Å². The molecular formula is C27H32N6O2. The van der Waals surface area contributed by atoms with Crippen molar-refractivity contribution in [2.75, 3.05) is 31.1 Å². The van der Waals surface area contributed by atoms with Crippen LogP contribution in [-0.4, -0.2) is 50.2 Å². The van der Waals surface area contributed by atoms with Crippen LogP contribution < -0.4 is 16.1 Å². The molecule has 2 aromatic carbocycles. The topological polar surface area (TPSA) is 79.2 Å². The number of aryl methyl sites for hydroxylation is 4. The first-order valence-electron chi connectivity index (χ1n) is 12.1. The number of aromatic amines is 1. The maximum atomic E-state index is 12.9. The van der Waals surface area contributed by atoms with E-state index in [0.29, 0.717) is 17.7 Å². The van der Waals surface area contributed by atoms with Gasteiger partial charge in [-0.1, -0.05) is 53.6 Å². The van der Waals surface area contributed by atoms with E-state index < -0.39 is 11.2 Å². The van der Waals surface area contributed by atoms with Crippen molar-refractivity contribution in [1.29, 1.82) is 0 Å². The number of piperazine rings is 1. The molecule has 8 heteroatoms. The van der Waals surface area contributed by atoms with Crippen molar-refractivity contribution >= 4 is 17.1 Å². The van der Waals surface area contributed by atoms with Crippen molar-refractivity contribution in [1.82, 2.24) is 24.0 Å². The molecule has 1 N–H and O–H groups in total. The zero-order chi connectivity index (χ0) is 24.7. The van der Waals surface area contributed by atoms with Gasteiger partial charge in [0.1, 0.15) is 0 Å². The van der Waals surface area contributed by atoms with Gasteiger partial charge in [0.05, 0.1) is 6.54 Å². The second-order valence-electron chi connectivity index (χ2n) is 9.67. The third-order valence-electron chi connectivity index (χ3n) is 7.00. The van der Waals surface area contributed by atoms with Crippen molar-refractivity contribution in [3.8, 4) is 0 Å². The van der Waals surface area contributed by atoms with E-state index >= 15 is 0 Å². The van der Waals surface area contributed by atoms with Gasteiger partial charge in [-0.25, -0.2) is 4.79 Å². The van der Waals surface area contributed by atoms with Gasteiger partial charge in [0, 0.05) is 39.8 Å². The van der Waals surface area contributed by atoms with Gasteiger partial charge in [0.15, 0.2) is 11.2 Å². The highest BCUT2D eigenvalue weighted by Crippen LogP contribution is 2.24. The molecule has 182 valence electrons. The number of nitrogens with zero attached hydrogens (tertiary/aromatic N) is 5. The van der Waals surface area contributed by atoms with Crippen molar-refractivity contribution in [3.63, 3.8) is 0 Å². The van der Waals surface area contributed by atoms with E-state index in [1.807, 2.05) is 4.57 Å². The van der Waals surface area contributed by atoms with Gasteiger partial charge in [-0.05, 0) is 37.5 Å². The molecule has 0 spiro atoms. The Hall–Kier alpha value is -3.65. The third kappa shape index (κ3) is 4.53. The Morgan fingerprint density at radius 2 is 1.57 bits per heavy atom. The summed E-state index contributed by atoms with van der Waals surface area (Å²) in [5, 5.41) is 0. The van der Waals surface area contributed by atoms with Crippen LogP contribution >= 0.6 is 0 Å². The van der Waals surface area contributed by atoms with Crippen LogP contribution in [0.15, 0.2) is 52.1 Å². The van der Waals surface area contributed by atoms with Gasteiger partial charge >= 0.3 is 5.69 Å². The van der Waals surface area contributed by atoms with E-state index in [-0.39, 0.29) is 0 Å². The molecule has 1 fully saturated rings. The molecule has 0 saturated carbocycles. The molecule has 35 heavy (non-hydrogen) atoms. The normalized spacial score (nSPS) is 14.7. The fraction of sp³-hybridized carbons (Fsp3) is 0.370. The second kappa shape index (κ2) is 9.19. The lowest BCUT2D eigenvalue weighted by atomic mass is 10.1. The fourth-order valence-corrected chi connectivity index (χ4v) is 4.81. The van der Waals surface area contributed by atoms with Crippen LogP contribution in [0.4, 0.5) is 5.95 Å². The Bertz CT molecular complexity index is 1490. The lowest BCUT2D eigenvalue weighted by Gasteiger charge is -2.35. The number of anilines is 1. The molecule has 0 aliphatic carbocycles. The Kier molecular flexibility index (Phi) is 6.06. The monoisotopic (exact) mass is 472 g/mol. The highest BCUT2D eigenvalue weighted by atomic mass is 16.2. The number of hydrogen-bond donors (Lipinski definition) is 1. The summed E-state index contributed by atoms with van der Waals surface area (Å²) in [6, 6.07) is 15.0. The third-order valence-corrected chi connectivity index (χ3v) is 7.00. The first-order chi connectivity index (χ1) is 16.8. The molecule has 0 unspecified atom stereocenters. The number of fused-ring (bicyclic) bond motifs is 1. The minimum atomic E-state index is -0.451. The number of nitrogens with one attached hydrogen (secondary N) is 1. The molecule has 0 radical (unpaired) electrons. The van der Waals surface area contributed by atoms with Crippen LogP contribution in [0.2, 0.25) is 0 Å². The van der Waals surface area contributed by atoms with Gasteiger partial charge in [-0.15, -0.1) is 0 Å². The first kappa shape index (κ1) is 23.1. The summed E-state index contributed by atoms with van der Waals surface area (Å²) in [7, 11) is 1.65. The highest BCUT2D eigenvalue weighted by molar-refractivity contribution is 5.74. The average molecular weight is 473 g/mol. The summed E-state index contributed by atoms with van der Waals surface area (Å²) in [5.41, 5.74) is 6.05. The van der Waals surface area contributed by atoms with E-state index in [9.17, 15) is 9.59 Å². The van der Waals surface area contributed by atoms with E-state index in [2.05, 4.69) is 78.0 Å². The van der Waals surface area contributed by atoms with Crippen LogP contribution in [0.1, 0.15) is 27.8 Å². The number of imidazole rings is 1. The summed E-state index contributed by atoms with van der Waals surface area (Å²) in [6.45, 7) is 11.1. The number of aromatic nitrogens is 4. The minimum absolute atomic E-state index is 0.398. The lowest BCUT2D eigenvalue weighted by molar-refractivity contribution is 0.248. The highest BCUT2D eigenvalue weighted by Gasteiger charge is 2.25. The van der Waals surface area contributed by atoms with Crippen molar-refractivity contribution < 1.29 is 0 Å². The van der Waals surface area contributed by atoms with Crippen LogP contribution in [0.5, 0.6) is 0 Å². The summed E-state index contributed by atoms with van der Waals surface area (Å²) in [6.07, 6.45) is 0. The molecule has 4 aromatic rings. The van der Waals surface area contributed by atoms with Crippen LogP contribution in [0.25, 0.3) is 11.2 Å². The van der Waals surface area contributed by atoms with Gasteiger partial charge in [-0.2, -0.15) is 4.98 Å². The van der Waals surface area contributed by atoms with Gasteiger partial charge in [-0.3, -0.25) is 23.8 Å². The molecule has 8 nitrogen and oxygen atoms in total. The average Bonchev–Trinajstić information content (AvgIpc) is 3.22. The number of benzene rings is 2. The quantitative estimate of drug-likeness (QED) is 0.483. The standard InChI is InChI=1S/C27H32N6O2/c1-18-6-9-21(10-7-18)16-31-11-13-32(14-12-31)26-28-24-23(25(34)29-27(35)30(24)4)33(26)17-22-15-19(2)5-8-20(22)3/h5-10,15H,11-14,16-17H2,1-4H3,(H,29,34,35). The first-order valence-corrected chi connectivity index (χ1v) is 12.1. The molecule has 0 bridgehead atoms. The van der Waals surface area contributed by atoms with Gasteiger partial charge < -0.3 is 4.90 Å². The van der Waals surface area contributed by atoms with Crippen molar-refractivity contribution in [2.24, 2.45) is 7.05 Å². The largest absolute Gasteiger partial charge is 0.340 e.